The Kier molecular flexibility index (Phi) is 7.05. The molecule has 2 aromatic carbocycles. The Morgan fingerprint density at radius 3 is 2.44 bits per heavy atom. The Labute approximate surface area is 189 Å². The number of nitrogens with one attached hydrogen (secondary N) is 1. The first-order chi connectivity index (χ1) is 15.5. The molecule has 1 aromatic heterocycles. The van der Waals surface area contributed by atoms with Gasteiger partial charge in [0, 0.05) is 50.2 Å². The number of anilines is 1. The van der Waals surface area contributed by atoms with Gasteiger partial charge in [0.05, 0.1) is 18.1 Å². The lowest BCUT2D eigenvalue weighted by Gasteiger charge is -2.35. The molecule has 4 rings (SSSR count). The van der Waals surface area contributed by atoms with Crippen LogP contribution < -0.4 is 9.62 Å². The van der Waals surface area contributed by atoms with Crippen LogP contribution in [0.4, 0.5) is 5.82 Å². The number of hydrogen-bond acceptors (Lipinski definition) is 6. The smallest absolute Gasteiger partial charge is 0.211 e. The lowest BCUT2D eigenvalue weighted by molar-refractivity contribution is 0.188. The molecule has 1 saturated heterocycles. The second-order valence-electron chi connectivity index (χ2n) is 8.03. The number of benzene rings is 2. The molecule has 32 heavy (non-hydrogen) atoms. The summed E-state index contributed by atoms with van der Waals surface area (Å²) >= 11 is 0. The highest BCUT2D eigenvalue weighted by molar-refractivity contribution is 7.89. The maximum Gasteiger partial charge on any atom is 0.211 e. The minimum Gasteiger partial charge on any atom is -0.395 e. The van der Waals surface area contributed by atoms with E-state index >= 15 is 0 Å². The second-order valence-corrected chi connectivity index (χ2v) is 10.1. The van der Waals surface area contributed by atoms with Gasteiger partial charge in [-0.2, -0.15) is 0 Å². The number of piperazine rings is 1. The van der Waals surface area contributed by atoms with Crippen LogP contribution in [0.2, 0.25) is 0 Å². The van der Waals surface area contributed by atoms with Crippen molar-refractivity contribution in [2.24, 2.45) is 0 Å². The molecule has 1 aliphatic heterocycles. The summed E-state index contributed by atoms with van der Waals surface area (Å²) < 4.78 is 26.0. The van der Waals surface area contributed by atoms with Crippen molar-refractivity contribution in [2.75, 3.05) is 50.0 Å². The molecular formula is C24H30N4O3S. The number of aliphatic hydroxyl groups is 1. The molecular weight excluding hydrogens is 424 g/mol. The fourth-order valence-corrected chi connectivity index (χ4v) is 4.57. The standard InChI is InChI=1S/C24H30N4O3S/c1-2-32(30,31)25-18-19-7-9-20(10-8-19)23-17-21-5-3-4-6-22(21)24(26-23)28-13-11-27(12-14-28)15-16-29/h3-10,17,25,29H,2,11-16,18H2,1H3. The van der Waals surface area contributed by atoms with Crippen LogP contribution in [-0.2, 0) is 16.6 Å². The Morgan fingerprint density at radius 2 is 1.75 bits per heavy atom. The molecule has 170 valence electrons. The van der Waals surface area contributed by atoms with Crippen LogP contribution in [0.3, 0.4) is 0 Å². The predicted molar refractivity (Wildman–Crippen MR) is 129 cm³/mol. The summed E-state index contributed by atoms with van der Waals surface area (Å²) in [7, 11) is -3.22. The zero-order valence-electron chi connectivity index (χ0n) is 18.4. The molecule has 0 spiro atoms. The van der Waals surface area contributed by atoms with E-state index in [0.29, 0.717) is 6.54 Å². The monoisotopic (exact) mass is 454 g/mol. The fourth-order valence-electron chi connectivity index (χ4n) is 3.98. The van der Waals surface area contributed by atoms with E-state index < -0.39 is 10.0 Å². The quantitative estimate of drug-likeness (QED) is 0.544. The van der Waals surface area contributed by atoms with Gasteiger partial charge in [-0.25, -0.2) is 18.1 Å². The van der Waals surface area contributed by atoms with Crippen molar-refractivity contribution in [2.45, 2.75) is 13.5 Å². The first-order valence-electron chi connectivity index (χ1n) is 11.0. The number of rotatable bonds is 8. The average molecular weight is 455 g/mol. The minimum atomic E-state index is -3.22. The molecule has 7 nitrogen and oxygen atoms in total. The molecule has 1 aliphatic rings. The van der Waals surface area contributed by atoms with Gasteiger partial charge in [0.2, 0.25) is 10.0 Å². The summed E-state index contributed by atoms with van der Waals surface area (Å²) in [6, 6.07) is 18.3. The number of aromatic nitrogens is 1. The van der Waals surface area contributed by atoms with Gasteiger partial charge in [0.1, 0.15) is 5.82 Å². The number of β-amino-alcohol motifs (C(OH)–C–C–N with tert-alkyl or cyclic N) is 1. The number of pyridine rings is 1. The molecule has 0 radical (unpaired) electrons. The van der Waals surface area contributed by atoms with Crippen LogP contribution in [0.25, 0.3) is 22.0 Å². The van der Waals surface area contributed by atoms with E-state index in [1.165, 1.54) is 0 Å². The van der Waals surface area contributed by atoms with Gasteiger partial charge in [-0.15, -0.1) is 0 Å². The van der Waals surface area contributed by atoms with Crippen LogP contribution in [0.1, 0.15) is 12.5 Å². The van der Waals surface area contributed by atoms with E-state index in [0.717, 1.165) is 59.6 Å². The molecule has 0 amide bonds. The Morgan fingerprint density at radius 1 is 1.03 bits per heavy atom. The Bertz CT molecular complexity index is 1160. The summed E-state index contributed by atoms with van der Waals surface area (Å²) in [5, 5.41) is 11.5. The predicted octanol–water partition coefficient (Wildman–Crippen LogP) is 2.46. The molecule has 8 heteroatoms. The molecule has 2 N–H and O–H groups in total. The molecule has 3 aromatic rings. The molecule has 0 unspecified atom stereocenters. The number of hydrogen-bond donors (Lipinski definition) is 2. The van der Waals surface area contributed by atoms with Crippen LogP contribution in [-0.4, -0.2) is 68.5 Å². The van der Waals surface area contributed by atoms with Crippen LogP contribution in [0.15, 0.2) is 54.6 Å². The summed E-state index contributed by atoms with van der Waals surface area (Å²) in [5.41, 5.74) is 2.81. The lowest BCUT2D eigenvalue weighted by atomic mass is 10.0. The zero-order valence-corrected chi connectivity index (χ0v) is 19.2. The van der Waals surface area contributed by atoms with Gasteiger partial charge in [-0.3, -0.25) is 4.90 Å². The molecule has 0 atom stereocenters. The zero-order chi connectivity index (χ0) is 22.6. The van der Waals surface area contributed by atoms with Crippen molar-refractivity contribution in [1.82, 2.24) is 14.6 Å². The topological polar surface area (TPSA) is 85.8 Å². The third-order valence-corrected chi connectivity index (χ3v) is 7.28. The van der Waals surface area contributed by atoms with Gasteiger partial charge in [0.15, 0.2) is 0 Å². The van der Waals surface area contributed by atoms with E-state index in [4.69, 9.17) is 4.98 Å². The van der Waals surface area contributed by atoms with E-state index in [-0.39, 0.29) is 18.9 Å². The molecule has 2 heterocycles. The summed E-state index contributed by atoms with van der Waals surface area (Å²) in [6.07, 6.45) is 0. The van der Waals surface area contributed by atoms with E-state index in [1.807, 2.05) is 36.4 Å². The average Bonchev–Trinajstić information content (AvgIpc) is 2.83. The highest BCUT2D eigenvalue weighted by Crippen LogP contribution is 2.30. The number of aliphatic hydroxyl groups excluding tert-OH is 1. The third kappa shape index (κ3) is 5.27. The van der Waals surface area contributed by atoms with Crippen molar-refractivity contribution in [1.29, 1.82) is 0 Å². The third-order valence-electron chi connectivity index (χ3n) is 5.93. The molecule has 1 fully saturated rings. The summed E-state index contributed by atoms with van der Waals surface area (Å²) in [6.45, 7) is 6.36. The SMILES string of the molecule is CCS(=O)(=O)NCc1ccc(-c2cc3ccccc3c(N3CCN(CCO)CC3)n2)cc1. The maximum absolute atomic E-state index is 11.7. The van der Waals surface area contributed by atoms with Crippen LogP contribution >= 0.6 is 0 Å². The van der Waals surface area contributed by atoms with E-state index in [2.05, 4.69) is 32.7 Å². The van der Waals surface area contributed by atoms with Gasteiger partial charge in [-0.1, -0.05) is 48.5 Å². The minimum absolute atomic E-state index is 0.0725. The van der Waals surface area contributed by atoms with Crippen molar-refractivity contribution >= 4 is 26.6 Å². The molecule has 0 aliphatic carbocycles. The Balaban J connectivity index is 1.60. The van der Waals surface area contributed by atoms with E-state index in [9.17, 15) is 13.5 Å². The summed E-state index contributed by atoms with van der Waals surface area (Å²) in [5.74, 6) is 1.06. The number of sulfonamides is 1. The first kappa shape index (κ1) is 22.7. The fraction of sp³-hybridized carbons (Fsp3) is 0.375. The highest BCUT2D eigenvalue weighted by Gasteiger charge is 2.20. The number of nitrogens with zero attached hydrogens (tertiary/aromatic N) is 3. The largest absolute Gasteiger partial charge is 0.395 e. The maximum atomic E-state index is 11.7. The molecule has 0 saturated carbocycles. The van der Waals surface area contributed by atoms with Gasteiger partial charge < -0.3 is 10.0 Å². The number of fused-ring (bicyclic) bond motifs is 1. The van der Waals surface area contributed by atoms with Gasteiger partial charge >= 0.3 is 0 Å². The van der Waals surface area contributed by atoms with Gasteiger partial charge in [-0.05, 0) is 23.9 Å². The molecule has 0 bridgehead atoms. The van der Waals surface area contributed by atoms with Crippen LogP contribution in [0, 0.1) is 0 Å². The van der Waals surface area contributed by atoms with Crippen molar-refractivity contribution in [3.05, 3.63) is 60.2 Å². The van der Waals surface area contributed by atoms with Gasteiger partial charge in [0.25, 0.3) is 0 Å². The van der Waals surface area contributed by atoms with Crippen molar-refractivity contribution < 1.29 is 13.5 Å². The summed E-state index contributed by atoms with van der Waals surface area (Å²) in [4.78, 5) is 9.64. The van der Waals surface area contributed by atoms with Crippen molar-refractivity contribution in [3.8, 4) is 11.3 Å². The van der Waals surface area contributed by atoms with Crippen molar-refractivity contribution in [3.63, 3.8) is 0 Å². The normalized spacial score (nSPS) is 15.4. The lowest BCUT2D eigenvalue weighted by Crippen LogP contribution is -2.47. The first-order valence-corrected chi connectivity index (χ1v) is 12.7. The highest BCUT2D eigenvalue weighted by atomic mass is 32.2. The second kappa shape index (κ2) is 9.95. The van der Waals surface area contributed by atoms with E-state index in [1.54, 1.807) is 6.92 Å². The van der Waals surface area contributed by atoms with Crippen LogP contribution in [0.5, 0.6) is 0 Å². The Hall–Kier alpha value is -2.52.